The molecule has 1 fully saturated rings. The third-order valence-electron chi connectivity index (χ3n) is 1.72. The van der Waals surface area contributed by atoms with Crippen LogP contribution in [0.5, 0.6) is 0 Å². The van der Waals surface area contributed by atoms with Crippen LogP contribution in [-0.4, -0.2) is 6.21 Å². The van der Waals surface area contributed by atoms with Gasteiger partial charge in [-0.3, -0.25) is 0 Å². The van der Waals surface area contributed by atoms with Crippen LogP contribution >= 0.6 is 0 Å². The van der Waals surface area contributed by atoms with Crippen LogP contribution in [0.3, 0.4) is 0 Å². The zero-order valence-corrected chi connectivity index (χ0v) is 4.65. The molecule has 40 valence electrons. The van der Waals surface area contributed by atoms with Crippen LogP contribution < -0.4 is 0 Å². The zero-order chi connectivity index (χ0) is 5.28. The predicted molar refractivity (Wildman–Crippen MR) is 30.7 cm³/mol. The average molecular weight is 97.2 g/mol. The van der Waals surface area contributed by atoms with Crippen LogP contribution in [0.4, 0.5) is 0 Å². The number of nitrogens with one attached hydrogen (secondary N) is 1. The second-order valence-electron chi connectivity index (χ2n) is 2.23. The summed E-state index contributed by atoms with van der Waals surface area (Å²) in [5, 5.41) is 6.83. The molecule has 1 nitrogen and oxygen atoms in total. The van der Waals surface area contributed by atoms with Crippen molar-refractivity contribution in [2.45, 2.75) is 19.8 Å². The number of hydrogen-bond donors (Lipinski definition) is 1. The van der Waals surface area contributed by atoms with Crippen molar-refractivity contribution >= 4 is 6.21 Å². The summed E-state index contributed by atoms with van der Waals surface area (Å²) in [4.78, 5) is 0. The highest BCUT2D eigenvalue weighted by Gasteiger charge is 2.32. The summed E-state index contributed by atoms with van der Waals surface area (Å²) in [6, 6.07) is 0. The van der Waals surface area contributed by atoms with Crippen LogP contribution in [0.1, 0.15) is 19.8 Å². The summed E-state index contributed by atoms with van der Waals surface area (Å²) in [6.07, 6.45) is 4.12. The van der Waals surface area contributed by atoms with Gasteiger partial charge in [-0.15, -0.1) is 0 Å². The fraction of sp³-hybridized carbons (Fsp3) is 0.833. The lowest BCUT2D eigenvalue weighted by molar-refractivity contribution is 0.772. The van der Waals surface area contributed by atoms with Crippen molar-refractivity contribution in [1.82, 2.24) is 0 Å². The Morgan fingerprint density at radius 2 is 2.57 bits per heavy atom. The molecule has 1 heteroatoms. The van der Waals surface area contributed by atoms with Crippen molar-refractivity contribution in [3.63, 3.8) is 0 Å². The van der Waals surface area contributed by atoms with Crippen molar-refractivity contribution in [2.75, 3.05) is 0 Å². The standard InChI is InChI=1S/C6H11N/c1-2-5-3-6(5)4-7/h4-7H,2-3H2,1H3. The molecule has 1 rings (SSSR count). The van der Waals surface area contributed by atoms with Gasteiger partial charge in [0.1, 0.15) is 0 Å². The maximum atomic E-state index is 6.83. The molecule has 1 N–H and O–H groups in total. The fourth-order valence-corrected chi connectivity index (χ4v) is 0.945. The minimum atomic E-state index is 0.657. The van der Waals surface area contributed by atoms with Gasteiger partial charge in [0.2, 0.25) is 0 Å². The Balaban J connectivity index is 2.17. The Morgan fingerprint density at radius 1 is 1.86 bits per heavy atom. The molecule has 0 amide bonds. The van der Waals surface area contributed by atoms with Crippen molar-refractivity contribution in [2.24, 2.45) is 11.8 Å². The highest BCUT2D eigenvalue weighted by atomic mass is 14.5. The van der Waals surface area contributed by atoms with E-state index in [1.807, 2.05) is 0 Å². The smallest absolute Gasteiger partial charge is 0.00139 e. The van der Waals surface area contributed by atoms with E-state index in [1.165, 1.54) is 12.8 Å². The summed E-state index contributed by atoms with van der Waals surface area (Å²) >= 11 is 0. The molecule has 0 aliphatic heterocycles. The van der Waals surface area contributed by atoms with Gasteiger partial charge in [-0.25, -0.2) is 0 Å². The summed E-state index contributed by atoms with van der Waals surface area (Å²) in [5.74, 6) is 1.53. The molecular weight excluding hydrogens is 86.1 g/mol. The first-order valence-electron chi connectivity index (χ1n) is 2.89. The third kappa shape index (κ3) is 0.817. The Bertz CT molecular complexity index is 78.2. The van der Waals surface area contributed by atoms with Gasteiger partial charge < -0.3 is 5.41 Å². The number of rotatable bonds is 2. The minimum Gasteiger partial charge on any atom is -0.313 e. The molecule has 0 spiro atoms. The SMILES string of the molecule is CCC1CC1C=N. The van der Waals surface area contributed by atoms with Crippen molar-refractivity contribution < 1.29 is 0 Å². The molecule has 0 bridgehead atoms. The van der Waals surface area contributed by atoms with Gasteiger partial charge in [-0.1, -0.05) is 13.3 Å². The maximum Gasteiger partial charge on any atom is -0.00139 e. The van der Waals surface area contributed by atoms with E-state index in [0.717, 1.165) is 5.92 Å². The first kappa shape index (κ1) is 4.82. The highest BCUT2D eigenvalue weighted by molar-refractivity contribution is 5.60. The second-order valence-corrected chi connectivity index (χ2v) is 2.23. The van der Waals surface area contributed by atoms with E-state index >= 15 is 0 Å². The summed E-state index contributed by atoms with van der Waals surface area (Å²) in [7, 11) is 0. The van der Waals surface area contributed by atoms with Gasteiger partial charge in [-0.2, -0.15) is 0 Å². The van der Waals surface area contributed by atoms with Gasteiger partial charge in [0.25, 0.3) is 0 Å². The lowest BCUT2D eigenvalue weighted by atomic mass is 10.3. The summed E-state index contributed by atoms with van der Waals surface area (Å²) < 4.78 is 0. The Kier molecular flexibility index (Phi) is 1.13. The largest absolute Gasteiger partial charge is 0.313 e. The topological polar surface area (TPSA) is 23.9 Å². The molecule has 0 aromatic heterocycles. The van der Waals surface area contributed by atoms with Crippen molar-refractivity contribution in [3.8, 4) is 0 Å². The molecule has 2 atom stereocenters. The lowest BCUT2D eigenvalue weighted by Crippen LogP contribution is -1.77. The quantitative estimate of drug-likeness (QED) is 0.507. The van der Waals surface area contributed by atoms with Crippen LogP contribution in [0.25, 0.3) is 0 Å². The van der Waals surface area contributed by atoms with Crippen LogP contribution in [0, 0.1) is 17.2 Å². The van der Waals surface area contributed by atoms with E-state index in [0.29, 0.717) is 5.92 Å². The van der Waals surface area contributed by atoms with Crippen LogP contribution in [0.15, 0.2) is 0 Å². The molecule has 0 heterocycles. The molecule has 0 aromatic carbocycles. The van der Waals surface area contributed by atoms with Gasteiger partial charge in [0.15, 0.2) is 0 Å². The average Bonchev–Trinajstić information content (AvgIpc) is 2.43. The normalized spacial score (nSPS) is 37.9. The van der Waals surface area contributed by atoms with Gasteiger partial charge in [-0.05, 0) is 24.5 Å². The van der Waals surface area contributed by atoms with Gasteiger partial charge in [0, 0.05) is 0 Å². The monoisotopic (exact) mass is 97.1 g/mol. The van der Waals surface area contributed by atoms with E-state index in [2.05, 4.69) is 6.92 Å². The van der Waals surface area contributed by atoms with Gasteiger partial charge in [0.05, 0.1) is 0 Å². The van der Waals surface area contributed by atoms with E-state index in [9.17, 15) is 0 Å². The zero-order valence-electron chi connectivity index (χ0n) is 4.65. The molecule has 2 unspecified atom stereocenters. The van der Waals surface area contributed by atoms with E-state index in [1.54, 1.807) is 6.21 Å². The molecule has 0 aromatic rings. The molecule has 0 radical (unpaired) electrons. The molecule has 0 saturated heterocycles. The maximum absolute atomic E-state index is 6.83. The fourth-order valence-electron chi connectivity index (χ4n) is 0.945. The first-order chi connectivity index (χ1) is 3.38. The van der Waals surface area contributed by atoms with Crippen LogP contribution in [0.2, 0.25) is 0 Å². The number of hydrogen-bond acceptors (Lipinski definition) is 1. The Morgan fingerprint density at radius 3 is 2.71 bits per heavy atom. The van der Waals surface area contributed by atoms with E-state index < -0.39 is 0 Å². The molecule has 7 heavy (non-hydrogen) atoms. The van der Waals surface area contributed by atoms with E-state index in [-0.39, 0.29) is 0 Å². The molecular formula is C6H11N. The highest BCUT2D eigenvalue weighted by Crippen LogP contribution is 2.38. The molecule has 1 aliphatic rings. The molecule has 1 aliphatic carbocycles. The lowest BCUT2D eigenvalue weighted by Gasteiger charge is -1.80. The first-order valence-corrected chi connectivity index (χ1v) is 2.89. The van der Waals surface area contributed by atoms with Crippen molar-refractivity contribution in [3.05, 3.63) is 0 Å². The predicted octanol–water partition coefficient (Wildman–Crippen LogP) is 1.68. The van der Waals surface area contributed by atoms with Crippen molar-refractivity contribution in [1.29, 1.82) is 5.41 Å². The third-order valence-corrected chi connectivity index (χ3v) is 1.72. The van der Waals surface area contributed by atoms with E-state index in [4.69, 9.17) is 5.41 Å². The Hall–Kier alpha value is -0.330. The summed E-state index contributed by atoms with van der Waals surface area (Å²) in [6.45, 7) is 2.19. The second kappa shape index (κ2) is 1.65. The Labute approximate surface area is 44.2 Å². The summed E-state index contributed by atoms with van der Waals surface area (Å²) in [5.41, 5.74) is 0. The molecule has 1 saturated carbocycles. The van der Waals surface area contributed by atoms with Gasteiger partial charge >= 0.3 is 0 Å². The van der Waals surface area contributed by atoms with Crippen LogP contribution in [-0.2, 0) is 0 Å². The minimum absolute atomic E-state index is 0.657.